The SMILES string of the molecule is CC(C)CC(N)C(=O)NC(CO)C(=O)NC(CC(=O)O)C(=O)NC(CS)C(=O)O. The van der Waals surface area contributed by atoms with Crippen molar-refractivity contribution in [3.05, 3.63) is 0 Å². The number of carbonyl (C=O) groups is 5. The number of rotatable bonds is 13. The number of hydrogen-bond donors (Lipinski definition) is 8. The molecule has 3 amide bonds. The van der Waals surface area contributed by atoms with Crippen molar-refractivity contribution in [2.75, 3.05) is 12.4 Å². The first kappa shape index (κ1) is 26.6. The number of aliphatic hydroxyl groups is 1. The van der Waals surface area contributed by atoms with Crippen LogP contribution >= 0.6 is 12.6 Å². The number of aliphatic hydroxyl groups excluding tert-OH is 1. The molecule has 0 bridgehead atoms. The third-order valence-corrected chi connectivity index (χ3v) is 4.05. The van der Waals surface area contributed by atoms with Gasteiger partial charge >= 0.3 is 11.9 Å². The van der Waals surface area contributed by atoms with Gasteiger partial charge in [0.05, 0.1) is 19.1 Å². The smallest absolute Gasteiger partial charge is 0.327 e. The molecule has 0 aliphatic carbocycles. The van der Waals surface area contributed by atoms with E-state index < -0.39 is 66.9 Å². The lowest BCUT2D eigenvalue weighted by molar-refractivity contribution is -0.143. The van der Waals surface area contributed by atoms with E-state index in [2.05, 4.69) is 28.6 Å². The molecule has 0 rings (SSSR count). The van der Waals surface area contributed by atoms with Crippen LogP contribution in [0.1, 0.15) is 26.7 Å². The lowest BCUT2D eigenvalue weighted by atomic mass is 10.0. The van der Waals surface area contributed by atoms with Gasteiger partial charge < -0.3 is 37.0 Å². The molecular weight excluding hydrogens is 408 g/mol. The summed E-state index contributed by atoms with van der Waals surface area (Å²) in [7, 11) is 0. The van der Waals surface area contributed by atoms with Gasteiger partial charge in [0.2, 0.25) is 17.7 Å². The summed E-state index contributed by atoms with van der Waals surface area (Å²) in [6, 6.07) is -5.45. The van der Waals surface area contributed by atoms with Crippen molar-refractivity contribution < 1.29 is 39.3 Å². The fourth-order valence-electron chi connectivity index (χ4n) is 2.20. The molecule has 0 radical (unpaired) electrons. The van der Waals surface area contributed by atoms with Gasteiger partial charge in [-0.25, -0.2) is 4.79 Å². The zero-order valence-corrected chi connectivity index (χ0v) is 17.0. The summed E-state index contributed by atoms with van der Waals surface area (Å²) in [6.07, 6.45) is -0.522. The summed E-state index contributed by atoms with van der Waals surface area (Å²) in [5.74, 6) is -5.79. The fraction of sp³-hybridized carbons (Fsp3) is 0.688. The predicted octanol–water partition coefficient (Wildman–Crippen LogP) is -2.70. The Morgan fingerprint density at radius 3 is 1.79 bits per heavy atom. The van der Waals surface area contributed by atoms with Gasteiger partial charge in [-0.1, -0.05) is 13.8 Å². The quantitative estimate of drug-likeness (QED) is 0.141. The van der Waals surface area contributed by atoms with Gasteiger partial charge in [-0.15, -0.1) is 0 Å². The number of amides is 3. The highest BCUT2D eigenvalue weighted by molar-refractivity contribution is 7.80. The highest BCUT2D eigenvalue weighted by atomic mass is 32.1. The Hall–Kier alpha value is -2.38. The van der Waals surface area contributed by atoms with Gasteiger partial charge in [-0.2, -0.15) is 12.6 Å². The Kier molecular flexibility index (Phi) is 11.9. The maximum Gasteiger partial charge on any atom is 0.327 e. The van der Waals surface area contributed by atoms with Crippen LogP contribution in [0, 0.1) is 5.92 Å². The van der Waals surface area contributed by atoms with Gasteiger partial charge in [-0.05, 0) is 12.3 Å². The molecule has 0 aromatic carbocycles. The van der Waals surface area contributed by atoms with Gasteiger partial charge in [0, 0.05) is 5.75 Å². The second kappa shape index (κ2) is 13.0. The van der Waals surface area contributed by atoms with Gasteiger partial charge in [-0.3, -0.25) is 19.2 Å². The molecule has 0 aliphatic rings. The van der Waals surface area contributed by atoms with Crippen LogP contribution in [0.5, 0.6) is 0 Å². The van der Waals surface area contributed by atoms with Crippen LogP contribution in [0.15, 0.2) is 0 Å². The molecule has 0 spiro atoms. The Balaban J connectivity index is 5.17. The second-order valence-electron chi connectivity index (χ2n) is 6.72. The molecule has 4 unspecified atom stereocenters. The van der Waals surface area contributed by atoms with Crippen molar-refractivity contribution in [1.29, 1.82) is 0 Å². The number of carbonyl (C=O) groups excluding carboxylic acids is 3. The van der Waals surface area contributed by atoms with Gasteiger partial charge in [0.15, 0.2) is 0 Å². The number of thiol groups is 1. The van der Waals surface area contributed by atoms with Crippen LogP contribution in [-0.2, 0) is 24.0 Å². The molecule has 12 nitrogen and oxygen atoms in total. The van der Waals surface area contributed by atoms with E-state index in [-0.39, 0.29) is 11.7 Å². The normalized spacial score (nSPS) is 15.0. The number of nitrogens with two attached hydrogens (primary N) is 1. The first-order valence-electron chi connectivity index (χ1n) is 8.75. The molecule has 0 saturated carbocycles. The molecular formula is C16H28N4O8S. The maximum absolute atomic E-state index is 12.3. The summed E-state index contributed by atoms with van der Waals surface area (Å²) < 4.78 is 0. The summed E-state index contributed by atoms with van der Waals surface area (Å²) in [4.78, 5) is 58.5. The van der Waals surface area contributed by atoms with Crippen LogP contribution in [0.2, 0.25) is 0 Å². The topological polar surface area (TPSA) is 208 Å². The van der Waals surface area contributed by atoms with Crippen molar-refractivity contribution in [3.8, 4) is 0 Å². The van der Waals surface area contributed by atoms with Crippen LogP contribution in [0.4, 0.5) is 0 Å². The van der Waals surface area contributed by atoms with E-state index >= 15 is 0 Å². The summed E-state index contributed by atoms with van der Waals surface area (Å²) >= 11 is 3.77. The summed E-state index contributed by atoms with van der Waals surface area (Å²) in [6.45, 7) is 2.85. The lowest BCUT2D eigenvalue weighted by Gasteiger charge is -2.23. The third-order valence-electron chi connectivity index (χ3n) is 3.69. The number of hydrogen-bond acceptors (Lipinski definition) is 8. The molecule has 0 fully saturated rings. The van der Waals surface area contributed by atoms with Crippen LogP contribution in [0.25, 0.3) is 0 Å². The average molecular weight is 436 g/mol. The average Bonchev–Trinajstić information content (AvgIpc) is 2.61. The minimum Gasteiger partial charge on any atom is -0.481 e. The molecule has 13 heteroatoms. The standard InChI is InChI=1S/C16H28N4O8S/c1-7(2)3-8(17)13(24)19-10(5-21)15(26)18-9(4-12(22)23)14(25)20-11(6-29)16(27)28/h7-11,21,29H,3-6,17H2,1-2H3,(H,18,26)(H,19,24)(H,20,25)(H,22,23)(H,27,28). The fourth-order valence-corrected chi connectivity index (χ4v) is 2.45. The zero-order chi connectivity index (χ0) is 22.7. The van der Waals surface area contributed by atoms with E-state index in [4.69, 9.17) is 15.9 Å². The van der Waals surface area contributed by atoms with Crippen LogP contribution in [0.3, 0.4) is 0 Å². The van der Waals surface area contributed by atoms with E-state index in [1.54, 1.807) is 0 Å². The Morgan fingerprint density at radius 1 is 0.897 bits per heavy atom. The number of aliphatic carboxylic acids is 2. The monoisotopic (exact) mass is 436 g/mol. The molecule has 0 aliphatic heterocycles. The molecule has 0 heterocycles. The van der Waals surface area contributed by atoms with E-state index in [1.807, 2.05) is 13.8 Å². The first-order valence-corrected chi connectivity index (χ1v) is 9.39. The molecule has 29 heavy (non-hydrogen) atoms. The zero-order valence-electron chi connectivity index (χ0n) is 16.1. The van der Waals surface area contributed by atoms with Gasteiger partial charge in [0.1, 0.15) is 18.1 Å². The Bertz CT molecular complexity index is 616. The minimum absolute atomic E-state index is 0.106. The molecule has 166 valence electrons. The van der Waals surface area contributed by atoms with E-state index in [0.717, 1.165) is 0 Å². The highest BCUT2D eigenvalue weighted by Crippen LogP contribution is 2.03. The van der Waals surface area contributed by atoms with E-state index in [1.165, 1.54) is 0 Å². The van der Waals surface area contributed by atoms with Crippen molar-refractivity contribution in [2.24, 2.45) is 11.7 Å². The minimum atomic E-state index is -1.64. The molecule has 0 saturated heterocycles. The summed E-state index contributed by atoms with van der Waals surface area (Å²) in [5.41, 5.74) is 5.71. The van der Waals surface area contributed by atoms with Crippen molar-refractivity contribution in [3.63, 3.8) is 0 Å². The Morgan fingerprint density at radius 2 is 1.38 bits per heavy atom. The number of carboxylic acid groups (broad SMARTS) is 2. The Labute approximate surface area is 173 Å². The van der Waals surface area contributed by atoms with Crippen molar-refractivity contribution in [2.45, 2.75) is 50.9 Å². The maximum atomic E-state index is 12.3. The highest BCUT2D eigenvalue weighted by Gasteiger charge is 2.31. The molecule has 4 atom stereocenters. The van der Waals surface area contributed by atoms with E-state index in [0.29, 0.717) is 6.42 Å². The predicted molar refractivity (Wildman–Crippen MR) is 104 cm³/mol. The second-order valence-corrected chi connectivity index (χ2v) is 7.09. The largest absolute Gasteiger partial charge is 0.481 e. The van der Waals surface area contributed by atoms with Crippen molar-refractivity contribution >= 4 is 42.3 Å². The first-order chi connectivity index (χ1) is 13.4. The molecule has 0 aromatic rings. The molecule has 0 aromatic heterocycles. The van der Waals surface area contributed by atoms with Gasteiger partial charge in [0.25, 0.3) is 0 Å². The summed E-state index contributed by atoms with van der Waals surface area (Å²) in [5, 5.41) is 33.6. The third kappa shape index (κ3) is 10.1. The van der Waals surface area contributed by atoms with E-state index in [9.17, 15) is 29.1 Å². The number of nitrogens with one attached hydrogen (secondary N) is 3. The molecule has 8 N–H and O–H groups in total. The van der Waals surface area contributed by atoms with Crippen LogP contribution in [-0.4, -0.2) is 81.5 Å². The van der Waals surface area contributed by atoms with Crippen LogP contribution < -0.4 is 21.7 Å². The lowest BCUT2D eigenvalue weighted by Crippen LogP contribution is -2.58. The number of carboxylic acids is 2. The van der Waals surface area contributed by atoms with Crippen molar-refractivity contribution in [1.82, 2.24) is 16.0 Å².